The van der Waals surface area contributed by atoms with E-state index in [1.54, 1.807) is 24.3 Å². The molecule has 6 N–H and O–H groups in total. The van der Waals surface area contributed by atoms with E-state index in [4.69, 9.17) is 21.6 Å². The number of amides is 1. The molecule has 0 aromatic heterocycles. The molecule has 1 amide bonds. The van der Waals surface area contributed by atoms with Crippen molar-refractivity contribution in [3.8, 4) is 0 Å². The lowest BCUT2D eigenvalue weighted by molar-refractivity contribution is -0.137. The number of nitrogens with two attached hydrogens (primary N) is 2. The van der Waals surface area contributed by atoms with Gasteiger partial charge < -0.3 is 21.9 Å². The maximum Gasteiger partial charge on any atom is 0.303 e. The van der Waals surface area contributed by atoms with E-state index in [1.165, 1.54) is 12.1 Å². The van der Waals surface area contributed by atoms with Gasteiger partial charge in [0.15, 0.2) is 5.96 Å². The van der Waals surface area contributed by atoms with Crippen LogP contribution in [0.5, 0.6) is 0 Å². The maximum absolute atomic E-state index is 13.8. The zero-order valence-electron chi connectivity index (χ0n) is 18.7. The van der Waals surface area contributed by atoms with Gasteiger partial charge in [-0.2, -0.15) is 0 Å². The topological polar surface area (TPSA) is 143 Å². The number of hydrogen-bond acceptors (Lipinski definition) is 4. The molecule has 35 heavy (non-hydrogen) atoms. The highest BCUT2D eigenvalue weighted by Gasteiger charge is 2.35. The summed E-state index contributed by atoms with van der Waals surface area (Å²) in [4.78, 5) is 32.9. The fourth-order valence-electron chi connectivity index (χ4n) is 3.94. The fraction of sp³-hybridized carbons (Fsp3) is 0.154. The molecular formula is C26H24FN5O3. The van der Waals surface area contributed by atoms with Crippen molar-refractivity contribution in [1.29, 1.82) is 0 Å². The number of hydrogen-bond donors (Lipinski definition) is 4. The molecule has 1 heterocycles. The van der Waals surface area contributed by atoms with Gasteiger partial charge in [-0.15, -0.1) is 0 Å². The zero-order valence-corrected chi connectivity index (χ0v) is 18.7. The van der Waals surface area contributed by atoms with Gasteiger partial charge in [-0.25, -0.2) is 9.38 Å². The Hall–Kier alpha value is -4.53. The highest BCUT2D eigenvalue weighted by Crippen LogP contribution is 2.37. The van der Waals surface area contributed by atoms with E-state index in [0.717, 1.165) is 11.1 Å². The number of anilines is 1. The fourth-order valence-corrected chi connectivity index (χ4v) is 3.94. The number of carbonyl (C=O) groups excluding carboxylic acids is 1. The average Bonchev–Trinajstić information content (AvgIpc) is 3.15. The third-order valence-corrected chi connectivity index (χ3v) is 5.60. The number of halogens is 1. The number of carbonyl (C=O) groups is 2. The summed E-state index contributed by atoms with van der Waals surface area (Å²) in [6.45, 7) is 0.328. The van der Waals surface area contributed by atoms with Gasteiger partial charge in [-0.1, -0.05) is 36.4 Å². The molecule has 0 saturated heterocycles. The molecule has 0 spiro atoms. The molecule has 178 valence electrons. The predicted molar refractivity (Wildman–Crippen MR) is 132 cm³/mol. The van der Waals surface area contributed by atoms with Crippen LogP contribution < -0.4 is 16.8 Å². The van der Waals surface area contributed by atoms with Crippen LogP contribution in [0.1, 0.15) is 34.6 Å². The summed E-state index contributed by atoms with van der Waals surface area (Å²) >= 11 is 0. The first-order valence-electron chi connectivity index (χ1n) is 10.9. The third-order valence-electron chi connectivity index (χ3n) is 5.60. The smallest absolute Gasteiger partial charge is 0.303 e. The van der Waals surface area contributed by atoms with E-state index in [2.05, 4.69) is 10.3 Å². The van der Waals surface area contributed by atoms with Crippen molar-refractivity contribution >= 4 is 34.9 Å². The van der Waals surface area contributed by atoms with Gasteiger partial charge in [0.05, 0.1) is 17.9 Å². The molecule has 1 aliphatic rings. The molecule has 4 rings (SSSR count). The summed E-state index contributed by atoms with van der Waals surface area (Å²) in [6.07, 6.45) is 0.327. The number of nitrogens with zero attached hydrogens (tertiary/aromatic N) is 2. The van der Waals surface area contributed by atoms with Gasteiger partial charge >= 0.3 is 5.97 Å². The van der Waals surface area contributed by atoms with Crippen LogP contribution in [0.3, 0.4) is 0 Å². The van der Waals surface area contributed by atoms with Gasteiger partial charge in [0.2, 0.25) is 5.91 Å². The number of benzene rings is 3. The zero-order chi connectivity index (χ0) is 24.9. The van der Waals surface area contributed by atoms with E-state index in [1.807, 2.05) is 30.3 Å². The van der Waals surface area contributed by atoms with Crippen LogP contribution in [-0.2, 0) is 22.6 Å². The highest BCUT2D eigenvalue weighted by molar-refractivity contribution is 6.24. The van der Waals surface area contributed by atoms with Crippen LogP contribution in [0, 0.1) is 5.82 Å². The van der Waals surface area contributed by atoms with Crippen LogP contribution in [-0.4, -0.2) is 28.7 Å². The second-order valence-corrected chi connectivity index (χ2v) is 8.15. The molecule has 1 aliphatic heterocycles. The van der Waals surface area contributed by atoms with Crippen LogP contribution in [0.4, 0.5) is 15.8 Å². The maximum atomic E-state index is 13.8. The Bertz CT molecular complexity index is 1330. The Labute approximate surface area is 201 Å². The van der Waals surface area contributed by atoms with Gasteiger partial charge in [0.25, 0.3) is 0 Å². The lowest BCUT2D eigenvalue weighted by atomic mass is 9.89. The van der Waals surface area contributed by atoms with Crippen molar-refractivity contribution in [2.45, 2.75) is 25.3 Å². The van der Waals surface area contributed by atoms with E-state index < -0.39 is 17.7 Å². The summed E-state index contributed by atoms with van der Waals surface area (Å²) in [5.41, 5.74) is 15.3. The minimum absolute atomic E-state index is 0.000453. The highest BCUT2D eigenvalue weighted by atomic mass is 19.1. The Morgan fingerprint density at radius 2 is 1.80 bits per heavy atom. The second-order valence-electron chi connectivity index (χ2n) is 8.15. The molecule has 9 heteroatoms. The normalized spacial score (nSPS) is 14.8. The Morgan fingerprint density at radius 3 is 2.51 bits per heavy atom. The number of carboxylic acid groups (broad SMARTS) is 1. The van der Waals surface area contributed by atoms with E-state index in [-0.39, 0.29) is 18.3 Å². The first-order chi connectivity index (χ1) is 16.8. The van der Waals surface area contributed by atoms with Gasteiger partial charge in [-0.3, -0.25) is 14.6 Å². The van der Waals surface area contributed by atoms with Gasteiger partial charge in [-0.05, 0) is 59.0 Å². The van der Waals surface area contributed by atoms with E-state index in [9.17, 15) is 14.0 Å². The van der Waals surface area contributed by atoms with Crippen molar-refractivity contribution in [2.24, 2.45) is 21.5 Å². The molecule has 0 fully saturated rings. The molecule has 1 atom stereocenters. The Morgan fingerprint density at radius 1 is 1.03 bits per heavy atom. The molecular weight excluding hydrogens is 449 g/mol. The molecule has 8 nitrogen and oxygen atoms in total. The van der Waals surface area contributed by atoms with Crippen LogP contribution >= 0.6 is 0 Å². The molecule has 0 aliphatic carbocycles. The summed E-state index contributed by atoms with van der Waals surface area (Å²) in [6, 6.07) is 18.7. The van der Waals surface area contributed by atoms with Gasteiger partial charge in [0, 0.05) is 12.1 Å². The van der Waals surface area contributed by atoms with Crippen molar-refractivity contribution < 1.29 is 19.1 Å². The molecule has 0 saturated carbocycles. The molecule has 3 aromatic rings. The summed E-state index contributed by atoms with van der Waals surface area (Å²) in [7, 11) is 0. The quantitative estimate of drug-likeness (QED) is 0.293. The summed E-state index contributed by atoms with van der Waals surface area (Å²) in [5.74, 6) is -2.42. The van der Waals surface area contributed by atoms with Crippen molar-refractivity contribution in [1.82, 2.24) is 0 Å². The monoisotopic (exact) mass is 473 g/mol. The van der Waals surface area contributed by atoms with Crippen molar-refractivity contribution in [3.05, 3.63) is 94.8 Å². The predicted octanol–water partition coefficient (Wildman–Crippen LogP) is 3.47. The first kappa shape index (κ1) is 23.6. The Kier molecular flexibility index (Phi) is 6.86. The van der Waals surface area contributed by atoms with E-state index in [0.29, 0.717) is 41.2 Å². The molecule has 0 bridgehead atoms. The number of guanidine groups is 1. The SMILES string of the molecule is NC(N)=NCc1ccc(N=C(c2cccc(CCC(=O)O)c2)C2C(=O)Nc3cc(F)ccc32)cc1. The third kappa shape index (κ3) is 5.70. The molecule has 0 radical (unpaired) electrons. The molecule has 3 aromatic carbocycles. The first-order valence-corrected chi connectivity index (χ1v) is 10.9. The van der Waals surface area contributed by atoms with Gasteiger partial charge in [0.1, 0.15) is 11.7 Å². The number of aliphatic imine (C=N–C) groups is 2. The van der Waals surface area contributed by atoms with E-state index >= 15 is 0 Å². The number of fused-ring (bicyclic) bond motifs is 1. The number of aryl methyl sites for hydroxylation is 1. The number of rotatable bonds is 8. The summed E-state index contributed by atoms with van der Waals surface area (Å²) in [5, 5.41) is 11.8. The van der Waals surface area contributed by atoms with Crippen molar-refractivity contribution in [2.75, 3.05) is 5.32 Å². The minimum Gasteiger partial charge on any atom is -0.481 e. The molecule has 1 unspecified atom stereocenters. The standard InChI is InChI=1S/C26H24FN5O3/c27-18-7-10-20-21(13-18)32-25(35)23(20)24(17-3-1-2-15(12-17)6-11-22(33)34)31-19-8-4-16(5-9-19)14-30-26(28)29/h1-5,7-10,12-13,23H,6,11,14H2,(H,32,35)(H,33,34)(H4,28,29,30). The number of aliphatic carboxylic acids is 1. The number of carboxylic acids is 1. The lowest BCUT2D eigenvalue weighted by Crippen LogP contribution is -2.22. The largest absolute Gasteiger partial charge is 0.481 e. The average molecular weight is 474 g/mol. The second kappa shape index (κ2) is 10.2. The number of nitrogens with one attached hydrogen (secondary N) is 1. The lowest BCUT2D eigenvalue weighted by Gasteiger charge is -2.15. The summed E-state index contributed by atoms with van der Waals surface area (Å²) < 4.78 is 13.8. The Balaban J connectivity index is 1.77. The van der Waals surface area contributed by atoms with Crippen molar-refractivity contribution in [3.63, 3.8) is 0 Å². The minimum atomic E-state index is -0.892. The van der Waals surface area contributed by atoms with Crippen LogP contribution in [0.2, 0.25) is 0 Å². The van der Waals surface area contributed by atoms with Crippen LogP contribution in [0.25, 0.3) is 0 Å². The van der Waals surface area contributed by atoms with Crippen LogP contribution in [0.15, 0.2) is 76.7 Å².